The van der Waals surface area contributed by atoms with E-state index < -0.39 is 11.4 Å². The average molecular weight is 470 g/mol. The van der Waals surface area contributed by atoms with Crippen molar-refractivity contribution in [3.63, 3.8) is 0 Å². The second-order valence-corrected chi connectivity index (χ2v) is 14.4. The minimum absolute atomic E-state index is 0.0638. The lowest BCUT2D eigenvalue weighted by Crippen LogP contribution is -2.65. The monoisotopic (exact) mass is 469 g/mol. The first-order valence-electron chi connectivity index (χ1n) is 13.9. The summed E-state index contributed by atoms with van der Waals surface area (Å²) in [6.07, 6.45) is 11.7. The van der Waals surface area contributed by atoms with Gasteiger partial charge in [-0.15, -0.1) is 0 Å². The molecular formula is C30H47NO3. The maximum atomic E-state index is 12.8. The third-order valence-electron chi connectivity index (χ3n) is 13.3. The van der Waals surface area contributed by atoms with Gasteiger partial charge in [-0.2, -0.15) is 0 Å². The summed E-state index contributed by atoms with van der Waals surface area (Å²) in [5.74, 6) is 1.72. The third-order valence-corrected chi connectivity index (χ3v) is 13.3. The van der Waals surface area contributed by atoms with Crippen molar-refractivity contribution in [2.75, 3.05) is 0 Å². The number of carboxylic acid groups (broad SMARTS) is 1. The van der Waals surface area contributed by atoms with Crippen LogP contribution in [0.15, 0.2) is 16.8 Å². The average Bonchev–Trinajstić information content (AvgIpc) is 2.76. The van der Waals surface area contributed by atoms with Gasteiger partial charge in [0.2, 0.25) is 0 Å². The van der Waals surface area contributed by atoms with Gasteiger partial charge in [-0.1, -0.05) is 65.3 Å². The van der Waals surface area contributed by atoms with E-state index in [-0.39, 0.29) is 27.6 Å². The molecule has 4 heteroatoms. The van der Waals surface area contributed by atoms with E-state index in [4.69, 9.17) is 0 Å². The molecule has 0 heterocycles. The predicted molar refractivity (Wildman–Crippen MR) is 136 cm³/mol. The van der Waals surface area contributed by atoms with Crippen LogP contribution >= 0.6 is 0 Å². The van der Waals surface area contributed by atoms with Gasteiger partial charge in [0.1, 0.15) is 0 Å². The van der Waals surface area contributed by atoms with Crippen LogP contribution in [0, 0.1) is 56.7 Å². The zero-order valence-corrected chi connectivity index (χ0v) is 22.6. The van der Waals surface area contributed by atoms with Crippen molar-refractivity contribution in [1.29, 1.82) is 0 Å². The summed E-state index contributed by atoms with van der Waals surface area (Å²) in [7, 11) is 0. The maximum absolute atomic E-state index is 12.8. The quantitative estimate of drug-likeness (QED) is 0.236. The van der Waals surface area contributed by atoms with E-state index in [0.29, 0.717) is 23.7 Å². The molecule has 0 amide bonds. The van der Waals surface area contributed by atoms with E-state index in [9.17, 15) is 15.1 Å². The zero-order valence-electron chi connectivity index (χ0n) is 22.6. The first-order valence-corrected chi connectivity index (χ1v) is 13.9. The van der Waals surface area contributed by atoms with Crippen molar-refractivity contribution >= 4 is 11.7 Å². The maximum Gasteiger partial charge on any atom is 0.310 e. The molecule has 2 N–H and O–H groups in total. The molecule has 0 aromatic heterocycles. The van der Waals surface area contributed by atoms with Gasteiger partial charge < -0.3 is 10.3 Å². The summed E-state index contributed by atoms with van der Waals surface area (Å²) in [5, 5.41) is 24.0. The summed E-state index contributed by atoms with van der Waals surface area (Å²) >= 11 is 0. The molecule has 5 rings (SSSR count). The number of nitrogens with zero attached hydrogens (tertiary/aromatic N) is 1. The van der Waals surface area contributed by atoms with Crippen LogP contribution < -0.4 is 0 Å². The van der Waals surface area contributed by atoms with Crippen LogP contribution in [0.2, 0.25) is 0 Å². The van der Waals surface area contributed by atoms with Crippen LogP contribution in [0.3, 0.4) is 0 Å². The van der Waals surface area contributed by atoms with E-state index in [1.807, 2.05) is 0 Å². The van der Waals surface area contributed by atoms with E-state index in [0.717, 1.165) is 50.7 Å². The van der Waals surface area contributed by atoms with Gasteiger partial charge in [0, 0.05) is 5.41 Å². The van der Waals surface area contributed by atoms with Crippen molar-refractivity contribution in [3.05, 3.63) is 11.6 Å². The summed E-state index contributed by atoms with van der Waals surface area (Å²) in [5.41, 5.74) is 2.29. The Labute approximate surface area is 206 Å². The number of oxime groups is 1. The molecule has 5 aliphatic carbocycles. The first-order chi connectivity index (χ1) is 15.8. The molecule has 0 radical (unpaired) electrons. The molecule has 0 aromatic carbocycles. The Balaban J connectivity index is 1.61. The minimum Gasteiger partial charge on any atom is -0.481 e. The summed E-state index contributed by atoms with van der Waals surface area (Å²) < 4.78 is 0. The molecule has 4 nitrogen and oxygen atoms in total. The normalized spacial score (nSPS) is 53.1. The number of carbonyl (C=O) groups is 1. The number of aliphatic carboxylic acids is 1. The highest BCUT2D eigenvalue weighted by atomic mass is 16.4. The fourth-order valence-electron chi connectivity index (χ4n) is 10.8. The van der Waals surface area contributed by atoms with Gasteiger partial charge in [-0.05, 0) is 104 Å². The van der Waals surface area contributed by atoms with Gasteiger partial charge in [-0.3, -0.25) is 4.79 Å². The van der Waals surface area contributed by atoms with Gasteiger partial charge in [-0.25, -0.2) is 0 Å². The summed E-state index contributed by atoms with van der Waals surface area (Å²) in [4.78, 5) is 12.8. The van der Waals surface area contributed by atoms with Gasteiger partial charge >= 0.3 is 5.97 Å². The topological polar surface area (TPSA) is 69.9 Å². The fourth-order valence-corrected chi connectivity index (χ4v) is 10.8. The smallest absolute Gasteiger partial charge is 0.310 e. The first kappa shape index (κ1) is 24.4. The Morgan fingerprint density at radius 1 is 0.971 bits per heavy atom. The van der Waals surface area contributed by atoms with Gasteiger partial charge in [0.15, 0.2) is 0 Å². The van der Waals surface area contributed by atoms with Crippen molar-refractivity contribution in [1.82, 2.24) is 0 Å². The molecule has 4 fully saturated rings. The number of carboxylic acids is 1. The van der Waals surface area contributed by atoms with Crippen molar-refractivity contribution < 1.29 is 15.1 Å². The Bertz CT molecular complexity index is 951. The molecule has 0 saturated heterocycles. The van der Waals surface area contributed by atoms with Crippen molar-refractivity contribution in [3.8, 4) is 0 Å². The van der Waals surface area contributed by atoms with Crippen LogP contribution in [-0.2, 0) is 4.79 Å². The fraction of sp³-hybridized carbons (Fsp3) is 0.867. The molecular weight excluding hydrogens is 422 g/mol. The largest absolute Gasteiger partial charge is 0.481 e. The van der Waals surface area contributed by atoms with Crippen LogP contribution in [0.4, 0.5) is 0 Å². The number of rotatable bonds is 1. The molecule has 34 heavy (non-hydrogen) atoms. The van der Waals surface area contributed by atoms with E-state index in [2.05, 4.69) is 59.7 Å². The second-order valence-electron chi connectivity index (χ2n) is 14.4. The lowest BCUT2D eigenvalue weighted by molar-refractivity contribution is -0.181. The highest BCUT2D eigenvalue weighted by Gasteiger charge is 2.69. The van der Waals surface area contributed by atoms with Crippen molar-refractivity contribution in [2.24, 2.45) is 61.8 Å². The third kappa shape index (κ3) is 2.72. The SMILES string of the molecule is CC1CCC2(C(=O)O)CCC3(C)C(=CCC4C5(C)CCC(=NO)C(C)(C)C5CCC43C)C2C1C. The molecule has 0 bridgehead atoms. The van der Waals surface area contributed by atoms with Crippen LogP contribution in [0.25, 0.3) is 0 Å². The van der Waals surface area contributed by atoms with E-state index in [1.165, 1.54) is 18.4 Å². The number of allylic oxidation sites excluding steroid dienone is 2. The lowest BCUT2D eigenvalue weighted by Gasteiger charge is -2.71. The molecule has 4 saturated carbocycles. The summed E-state index contributed by atoms with van der Waals surface area (Å²) in [6.45, 7) is 16.9. The predicted octanol–water partition coefficient (Wildman–Crippen LogP) is 7.56. The molecule has 0 spiro atoms. The van der Waals surface area contributed by atoms with Crippen LogP contribution in [-0.4, -0.2) is 22.0 Å². The Hall–Kier alpha value is -1.32. The molecule has 9 unspecified atom stereocenters. The second kappa shape index (κ2) is 7.35. The summed E-state index contributed by atoms with van der Waals surface area (Å²) in [6, 6.07) is 0. The Kier molecular flexibility index (Phi) is 5.27. The Morgan fingerprint density at radius 3 is 2.32 bits per heavy atom. The highest BCUT2D eigenvalue weighted by Crippen LogP contribution is 2.75. The van der Waals surface area contributed by atoms with Crippen LogP contribution in [0.5, 0.6) is 0 Å². The molecule has 190 valence electrons. The lowest BCUT2D eigenvalue weighted by atomic mass is 9.33. The zero-order chi connectivity index (χ0) is 24.9. The number of hydrogen-bond acceptors (Lipinski definition) is 3. The molecule has 5 aliphatic rings. The number of fused-ring (bicyclic) bond motifs is 7. The highest BCUT2D eigenvalue weighted by molar-refractivity contribution is 5.90. The van der Waals surface area contributed by atoms with Gasteiger partial charge in [0.05, 0.1) is 11.1 Å². The van der Waals surface area contributed by atoms with Crippen LogP contribution in [0.1, 0.15) is 106 Å². The number of hydrogen-bond donors (Lipinski definition) is 2. The minimum atomic E-state index is -0.569. The van der Waals surface area contributed by atoms with E-state index in [1.54, 1.807) is 0 Å². The van der Waals surface area contributed by atoms with E-state index >= 15 is 0 Å². The molecule has 0 aromatic rings. The molecule has 9 atom stereocenters. The molecule has 0 aliphatic heterocycles. The van der Waals surface area contributed by atoms with Crippen molar-refractivity contribution in [2.45, 2.75) is 106 Å². The van der Waals surface area contributed by atoms with Gasteiger partial charge in [0.25, 0.3) is 0 Å². The Morgan fingerprint density at radius 2 is 1.68 bits per heavy atom. The standard InChI is InChI=1S/C30H47NO3/c1-18-10-15-30(25(32)33)17-16-28(6)20(24(30)19(18)2)8-9-22-27(5)13-12-23(31-34)26(3,4)21(27)11-14-29(22,28)7/h8,18-19,21-22,24,34H,9-17H2,1-7H3,(H,32,33).